The molecule has 0 unspecified atom stereocenters. The molecule has 1 heterocycles. The van der Waals surface area contributed by atoms with Crippen molar-refractivity contribution in [3.63, 3.8) is 0 Å². The normalized spacial score (nSPS) is 10.4. The van der Waals surface area contributed by atoms with E-state index in [-0.39, 0.29) is 18.3 Å². The fourth-order valence-electron chi connectivity index (χ4n) is 2.31. The van der Waals surface area contributed by atoms with E-state index in [9.17, 15) is 14.0 Å². The summed E-state index contributed by atoms with van der Waals surface area (Å²) in [5, 5.41) is 3.39. The highest BCUT2D eigenvalue weighted by molar-refractivity contribution is 7.13. The molecule has 6 nitrogen and oxygen atoms in total. The number of amides is 2. The average molecular weight is 385 g/mol. The lowest BCUT2D eigenvalue weighted by molar-refractivity contribution is 0.0998. The molecular weight excluding hydrogens is 369 g/mol. The summed E-state index contributed by atoms with van der Waals surface area (Å²) in [6.07, 6.45) is 0. The first kappa shape index (κ1) is 18.5. The molecule has 0 saturated carbocycles. The van der Waals surface area contributed by atoms with Gasteiger partial charge in [-0.2, -0.15) is 0 Å². The van der Waals surface area contributed by atoms with Crippen LogP contribution >= 0.6 is 11.3 Å². The molecule has 138 valence electrons. The van der Waals surface area contributed by atoms with Crippen LogP contribution in [0.1, 0.15) is 30.7 Å². The minimum Gasteiger partial charge on any atom is -0.486 e. The molecule has 2 aromatic carbocycles. The van der Waals surface area contributed by atoms with Crippen molar-refractivity contribution in [2.75, 3.05) is 5.32 Å². The van der Waals surface area contributed by atoms with Gasteiger partial charge in [-0.25, -0.2) is 9.37 Å². The number of rotatable bonds is 6. The summed E-state index contributed by atoms with van der Waals surface area (Å²) in [5.74, 6) is -0.651. The van der Waals surface area contributed by atoms with Crippen LogP contribution in [0.3, 0.4) is 0 Å². The van der Waals surface area contributed by atoms with Crippen molar-refractivity contribution in [3.8, 4) is 5.75 Å². The monoisotopic (exact) mass is 385 g/mol. The first-order valence-corrected chi connectivity index (χ1v) is 8.80. The predicted octanol–water partition coefficient (Wildman–Crippen LogP) is 3.52. The number of nitrogens with zero attached hydrogens (tertiary/aromatic N) is 1. The fraction of sp³-hybridized carbons (Fsp3) is 0.105. The maximum Gasteiger partial charge on any atom is 0.267 e. The second kappa shape index (κ2) is 7.96. The van der Waals surface area contributed by atoms with Gasteiger partial charge >= 0.3 is 0 Å². The number of carbonyl (C=O) groups is 2. The molecule has 1 aromatic heterocycles. The van der Waals surface area contributed by atoms with E-state index in [0.717, 1.165) is 0 Å². The molecule has 0 aliphatic heterocycles. The van der Waals surface area contributed by atoms with Crippen molar-refractivity contribution >= 4 is 28.8 Å². The van der Waals surface area contributed by atoms with Gasteiger partial charge in [0.2, 0.25) is 5.91 Å². The van der Waals surface area contributed by atoms with Gasteiger partial charge in [0.15, 0.2) is 0 Å². The first-order valence-electron chi connectivity index (χ1n) is 7.98. The van der Waals surface area contributed by atoms with E-state index >= 15 is 0 Å². The third-order valence-corrected chi connectivity index (χ3v) is 4.78. The van der Waals surface area contributed by atoms with Gasteiger partial charge in [-0.05, 0) is 55.5 Å². The number of nitrogens with one attached hydrogen (secondary N) is 1. The van der Waals surface area contributed by atoms with Crippen LogP contribution in [0, 0.1) is 12.7 Å². The Kier molecular flexibility index (Phi) is 5.46. The van der Waals surface area contributed by atoms with Gasteiger partial charge in [0.25, 0.3) is 5.91 Å². The Hall–Kier alpha value is -3.26. The topological polar surface area (TPSA) is 94.3 Å². The number of aryl methyl sites for hydroxylation is 1. The lowest BCUT2D eigenvalue weighted by Crippen LogP contribution is -2.13. The Labute approximate surface area is 158 Å². The Morgan fingerprint density at radius 1 is 1.15 bits per heavy atom. The number of ether oxygens (including phenoxy) is 1. The Balaban J connectivity index is 1.65. The van der Waals surface area contributed by atoms with E-state index in [1.54, 1.807) is 31.2 Å². The van der Waals surface area contributed by atoms with Crippen LogP contribution in [-0.2, 0) is 6.61 Å². The molecule has 2 amide bonds. The second-order valence-electron chi connectivity index (χ2n) is 5.66. The molecule has 3 rings (SSSR count). The van der Waals surface area contributed by atoms with Crippen molar-refractivity contribution in [1.82, 2.24) is 4.98 Å². The highest BCUT2D eigenvalue weighted by atomic mass is 32.1. The van der Waals surface area contributed by atoms with Gasteiger partial charge in [0.1, 0.15) is 28.1 Å². The van der Waals surface area contributed by atoms with Crippen LogP contribution in [0.4, 0.5) is 10.1 Å². The van der Waals surface area contributed by atoms with Crippen LogP contribution in [0.2, 0.25) is 0 Å². The Morgan fingerprint density at radius 2 is 1.81 bits per heavy atom. The third-order valence-electron chi connectivity index (χ3n) is 3.65. The maximum absolute atomic E-state index is 12.9. The number of hydrogen-bond donors (Lipinski definition) is 2. The Morgan fingerprint density at radius 3 is 2.44 bits per heavy atom. The van der Waals surface area contributed by atoms with E-state index in [4.69, 9.17) is 10.5 Å². The van der Waals surface area contributed by atoms with Crippen molar-refractivity contribution < 1.29 is 18.7 Å². The average Bonchev–Trinajstić information content (AvgIpc) is 3.02. The SMILES string of the molecule is Cc1nc(COc2ccc(F)cc2)sc1C(=O)Nc1ccc(C(N)=O)cc1. The number of thiazole rings is 1. The molecule has 0 aliphatic carbocycles. The lowest BCUT2D eigenvalue weighted by atomic mass is 10.2. The zero-order valence-corrected chi connectivity index (χ0v) is 15.2. The zero-order valence-electron chi connectivity index (χ0n) is 14.4. The van der Waals surface area contributed by atoms with Gasteiger partial charge in [-0.3, -0.25) is 9.59 Å². The summed E-state index contributed by atoms with van der Waals surface area (Å²) in [6.45, 7) is 1.92. The van der Waals surface area contributed by atoms with Crippen molar-refractivity contribution in [1.29, 1.82) is 0 Å². The van der Waals surface area contributed by atoms with Gasteiger partial charge in [0.05, 0.1) is 5.69 Å². The van der Waals surface area contributed by atoms with Gasteiger partial charge in [-0.15, -0.1) is 11.3 Å². The van der Waals surface area contributed by atoms with Crippen molar-refractivity contribution in [2.24, 2.45) is 5.73 Å². The van der Waals surface area contributed by atoms with E-state index in [1.807, 2.05) is 0 Å². The molecule has 0 atom stereocenters. The van der Waals surface area contributed by atoms with E-state index in [1.165, 1.54) is 35.6 Å². The van der Waals surface area contributed by atoms with Crippen LogP contribution in [0.15, 0.2) is 48.5 Å². The summed E-state index contributed by atoms with van der Waals surface area (Å²) in [5.41, 5.74) is 6.69. The van der Waals surface area contributed by atoms with E-state index < -0.39 is 5.91 Å². The number of aromatic nitrogens is 1. The molecule has 0 aliphatic rings. The minimum atomic E-state index is -0.531. The fourth-order valence-corrected chi connectivity index (χ4v) is 3.18. The quantitative estimate of drug-likeness (QED) is 0.679. The minimum absolute atomic E-state index is 0.178. The number of nitrogens with two attached hydrogens (primary N) is 1. The largest absolute Gasteiger partial charge is 0.486 e. The molecule has 0 saturated heterocycles. The summed E-state index contributed by atoms with van der Waals surface area (Å²) < 4.78 is 18.5. The third kappa shape index (κ3) is 4.68. The van der Waals surface area contributed by atoms with Crippen molar-refractivity contribution in [3.05, 3.63) is 75.5 Å². The molecular formula is C19H16FN3O3S. The number of anilines is 1. The summed E-state index contributed by atoms with van der Waals surface area (Å²) in [7, 11) is 0. The highest BCUT2D eigenvalue weighted by Crippen LogP contribution is 2.22. The molecule has 0 radical (unpaired) electrons. The number of halogens is 1. The molecule has 0 spiro atoms. The van der Waals surface area contributed by atoms with Crippen molar-refractivity contribution in [2.45, 2.75) is 13.5 Å². The first-order chi connectivity index (χ1) is 12.9. The van der Waals surface area contributed by atoms with Gasteiger partial charge in [-0.1, -0.05) is 0 Å². The highest BCUT2D eigenvalue weighted by Gasteiger charge is 2.16. The molecule has 27 heavy (non-hydrogen) atoms. The molecule has 0 bridgehead atoms. The smallest absolute Gasteiger partial charge is 0.267 e. The molecule has 3 aromatic rings. The predicted molar refractivity (Wildman–Crippen MR) is 100 cm³/mol. The zero-order chi connectivity index (χ0) is 19.4. The Bertz CT molecular complexity index is 969. The summed E-state index contributed by atoms with van der Waals surface area (Å²) >= 11 is 1.22. The summed E-state index contributed by atoms with van der Waals surface area (Å²) in [6, 6.07) is 12.0. The number of hydrogen-bond acceptors (Lipinski definition) is 5. The number of primary amides is 1. The standard InChI is InChI=1S/C19H16FN3O3S/c1-11-17(19(25)23-14-6-2-12(3-7-14)18(21)24)27-16(22-11)10-26-15-8-4-13(20)5-9-15/h2-9H,10H2,1H3,(H2,21,24)(H,23,25). The molecule has 0 fully saturated rings. The van der Waals surface area contributed by atoms with Gasteiger partial charge < -0.3 is 15.8 Å². The van der Waals surface area contributed by atoms with Crippen LogP contribution in [0.5, 0.6) is 5.75 Å². The van der Waals surface area contributed by atoms with Crippen LogP contribution < -0.4 is 15.8 Å². The van der Waals surface area contributed by atoms with E-state index in [2.05, 4.69) is 10.3 Å². The molecule has 3 N–H and O–H groups in total. The van der Waals surface area contributed by atoms with Crippen LogP contribution in [-0.4, -0.2) is 16.8 Å². The second-order valence-corrected chi connectivity index (χ2v) is 6.74. The lowest BCUT2D eigenvalue weighted by Gasteiger charge is -2.04. The van der Waals surface area contributed by atoms with E-state index in [0.29, 0.717) is 32.6 Å². The number of benzene rings is 2. The summed E-state index contributed by atoms with van der Waals surface area (Å²) in [4.78, 5) is 28.4. The molecule has 8 heteroatoms. The van der Waals surface area contributed by atoms with Gasteiger partial charge in [0, 0.05) is 11.3 Å². The number of carbonyl (C=O) groups excluding carboxylic acids is 2. The van der Waals surface area contributed by atoms with Crippen LogP contribution in [0.25, 0.3) is 0 Å². The maximum atomic E-state index is 12.9.